The summed E-state index contributed by atoms with van der Waals surface area (Å²) in [5, 5.41) is 0. The molecule has 0 aromatic heterocycles. The van der Waals surface area contributed by atoms with Crippen LogP contribution >= 0.6 is 0 Å². The molecule has 1 heterocycles. The van der Waals surface area contributed by atoms with Crippen LogP contribution in [0.1, 0.15) is 18.4 Å². The van der Waals surface area contributed by atoms with Crippen LogP contribution in [0.5, 0.6) is 0 Å². The van der Waals surface area contributed by atoms with Gasteiger partial charge in [0, 0.05) is 39.4 Å². The van der Waals surface area contributed by atoms with E-state index in [4.69, 9.17) is 0 Å². The van der Waals surface area contributed by atoms with Gasteiger partial charge >= 0.3 is 0 Å². The van der Waals surface area contributed by atoms with Crippen molar-refractivity contribution in [1.82, 2.24) is 9.03 Å². The first-order valence-electron chi connectivity index (χ1n) is 6.50. The van der Waals surface area contributed by atoms with Gasteiger partial charge in [0.25, 0.3) is 10.2 Å². The van der Waals surface area contributed by atoms with Gasteiger partial charge in [-0.15, -0.1) is 0 Å². The van der Waals surface area contributed by atoms with Crippen LogP contribution in [0.3, 0.4) is 0 Å². The number of rotatable bonds is 5. The molecular weight excluding hydrogens is 262 g/mol. The van der Waals surface area contributed by atoms with Gasteiger partial charge in [-0.1, -0.05) is 12.1 Å². The summed E-state index contributed by atoms with van der Waals surface area (Å²) in [6, 6.07) is 7.86. The zero-order valence-electron chi connectivity index (χ0n) is 11.5. The Kier molecular flexibility index (Phi) is 4.44. The largest absolute Gasteiger partial charge is 0.378 e. The molecular formula is C13H21N3O2S. The first-order chi connectivity index (χ1) is 8.99. The predicted molar refractivity (Wildman–Crippen MR) is 77.3 cm³/mol. The molecule has 5 nitrogen and oxygen atoms in total. The molecule has 6 heteroatoms. The minimum atomic E-state index is -3.31. The molecule has 1 aliphatic heterocycles. The van der Waals surface area contributed by atoms with Gasteiger partial charge in [-0.25, -0.2) is 0 Å². The number of anilines is 1. The Morgan fingerprint density at radius 1 is 1.16 bits per heavy atom. The van der Waals surface area contributed by atoms with Crippen LogP contribution in [0.4, 0.5) is 5.69 Å². The lowest BCUT2D eigenvalue weighted by Crippen LogP contribution is -2.38. The molecule has 1 fully saturated rings. The topological polar surface area (TPSA) is 52.7 Å². The minimum Gasteiger partial charge on any atom is -0.378 e. The molecule has 19 heavy (non-hydrogen) atoms. The maximum Gasteiger partial charge on any atom is 0.279 e. The summed E-state index contributed by atoms with van der Waals surface area (Å²) >= 11 is 0. The van der Waals surface area contributed by atoms with Crippen molar-refractivity contribution in [2.45, 2.75) is 19.4 Å². The monoisotopic (exact) mass is 283 g/mol. The van der Waals surface area contributed by atoms with Crippen molar-refractivity contribution >= 4 is 15.9 Å². The van der Waals surface area contributed by atoms with E-state index < -0.39 is 10.2 Å². The lowest BCUT2D eigenvalue weighted by Gasteiger charge is -2.16. The summed E-state index contributed by atoms with van der Waals surface area (Å²) in [4.78, 5) is 2.01. The van der Waals surface area contributed by atoms with Crippen molar-refractivity contribution in [3.8, 4) is 0 Å². The fourth-order valence-electron chi connectivity index (χ4n) is 2.11. The third-order valence-corrected chi connectivity index (χ3v) is 4.87. The number of benzene rings is 1. The number of hydrogen-bond acceptors (Lipinski definition) is 3. The van der Waals surface area contributed by atoms with Gasteiger partial charge in [0.1, 0.15) is 0 Å². The standard InChI is InChI=1S/C13H21N3O2S/c1-15(2)13-7-5-12(6-8-13)11-14-19(17,18)16-9-3-4-10-16/h5-8,14H,3-4,9-11H2,1-2H3. The predicted octanol–water partition coefficient (Wildman–Crippen LogP) is 1.18. The van der Waals surface area contributed by atoms with E-state index >= 15 is 0 Å². The van der Waals surface area contributed by atoms with Crippen molar-refractivity contribution < 1.29 is 8.42 Å². The van der Waals surface area contributed by atoms with E-state index in [1.54, 1.807) is 0 Å². The lowest BCUT2D eigenvalue weighted by molar-refractivity contribution is 0.464. The zero-order valence-corrected chi connectivity index (χ0v) is 12.3. The highest BCUT2D eigenvalue weighted by Crippen LogP contribution is 2.14. The fourth-order valence-corrected chi connectivity index (χ4v) is 3.38. The summed E-state index contributed by atoms with van der Waals surface area (Å²) in [6.07, 6.45) is 1.91. The molecule has 0 aliphatic carbocycles. The van der Waals surface area contributed by atoms with Crippen molar-refractivity contribution in [2.75, 3.05) is 32.1 Å². The molecule has 0 atom stereocenters. The van der Waals surface area contributed by atoms with Gasteiger partial charge in [-0.05, 0) is 30.5 Å². The second-order valence-corrected chi connectivity index (χ2v) is 6.75. The van der Waals surface area contributed by atoms with Crippen LogP contribution in [0.15, 0.2) is 24.3 Å². The molecule has 1 aliphatic rings. The van der Waals surface area contributed by atoms with E-state index in [1.807, 2.05) is 43.3 Å². The highest BCUT2D eigenvalue weighted by atomic mass is 32.2. The SMILES string of the molecule is CN(C)c1ccc(CNS(=O)(=O)N2CCCC2)cc1. The van der Waals surface area contributed by atoms with Crippen molar-refractivity contribution in [3.05, 3.63) is 29.8 Å². The van der Waals surface area contributed by atoms with E-state index in [2.05, 4.69) is 4.72 Å². The second kappa shape index (κ2) is 5.90. The van der Waals surface area contributed by atoms with Crippen LogP contribution in [-0.2, 0) is 16.8 Å². The van der Waals surface area contributed by atoms with Crippen LogP contribution in [0.25, 0.3) is 0 Å². The van der Waals surface area contributed by atoms with E-state index in [0.717, 1.165) is 24.1 Å². The number of nitrogens with zero attached hydrogens (tertiary/aromatic N) is 2. The molecule has 2 rings (SSSR count). The van der Waals surface area contributed by atoms with Gasteiger partial charge in [-0.2, -0.15) is 17.4 Å². The van der Waals surface area contributed by atoms with Crippen LogP contribution in [0, 0.1) is 0 Å². The van der Waals surface area contributed by atoms with Gasteiger partial charge in [-0.3, -0.25) is 0 Å². The zero-order chi connectivity index (χ0) is 13.9. The van der Waals surface area contributed by atoms with Gasteiger partial charge in [0.2, 0.25) is 0 Å². The van der Waals surface area contributed by atoms with Gasteiger partial charge in [0.15, 0.2) is 0 Å². The summed E-state index contributed by atoms with van der Waals surface area (Å²) in [6.45, 7) is 1.61. The average molecular weight is 283 g/mol. The molecule has 1 aromatic carbocycles. The van der Waals surface area contributed by atoms with Crippen LogP contribution in [-0.4, -0.2) is 39.9 Å². The average Bonchev–Trinajstić information content (AvgIpc) is 2.91. The van der Waals surface area contributed by atoms with Crippen molar-refractivity contribution in [2.24, 2.45) is 0 Å². The minimum absolute atomic E-state index is 0.340. The Hall–Kier alpha value is -1.11. The Balaban J connectivity index is 1.94. The van der Waals surface area contributed by atoms with E-state index in [1.165, 1.54) is 4.31 Å². The third kappa shape index (κ3) is 3.68. The molecule has 106 valence electrons. The van der Waals surface area contributed by atoms with Gasteiger partial charge in [0.05, 0.1) is 0 Å². The smallest absolute Gasteiger partial charge is 0.279 e. The number of nitrogens with one attached hydrogen (secondary N) is 1. The fraction of sp³-hybridized carbons (Fsp3) is 0.538. The van der Waals surface area contributed by atoms with E-state index in [0.29, 0.717) is 19.6 Å². The normalized spacial score (nSPS) is 16.7. The number of hydrogen-bond donors (Lipinski definition) is 1. The maximum absolute atomic E-state index is 12.0. The molecule has 1 saturated heterocycles. The second-order valence-electron chi connectivity index (χ2n) is 4.99. The van der Waals surface area contributed by atoms with Gasteiger partial charge < -0.3 is 4.90 Å². The van der Waals surface area contributed by atoms with Crippen LogP contribution in [0.2, 0.25) is 0 Å². The van der Waals surface area contributed by atoms with Crippen molar-refractivity contribution in [3.63, 3.8) is 0 Å². The Morgan fingerprint density at radius 3 is 2.26 bits per heavy atom. The Morgan fingerprint density at radius 2 is 1.74 bits per heavy atom. The first-order valence-corrected chi connectivity index (χ1v) is 7.94. The van der Waals surface area contributed by atoms with Crippen molar-refractivity contribution in [1.29, 1.82) is 0 Å². The molecule has 0 amide bonds. The molecule has 0 bridgehead atoms. The molecule has 1 aromatic rings. The molecule has 0 unspecified atom stereocenters. The third-order valence-electron chi connectivity index (χ3n) is 3.32. The quantitative estimate of drug-likeness (QED) is 0.883. The molecule has 0 spiro atoms. The Bertz CT molecular complexity index is 505. The highest BCUT2D eigenvalue weighted by Gasteiger charge is 2.24. The van der Waals surface area contributed by atoms with E-state index in [-0.39, 0.29) is 0 Å². The Labute approximate surface area is 115 Å². The molecule has 0 saturated carbocycles. The molecule has 1 N–H and O–H groups in total. The lowest BCUT2D eigenvalue weighted by atomic mass is 10.2. The summed E-state index contributed by atoms with van der Waals surface area (Å²) in [5.74, 6) is 0. The highest BCUT2D eigenvalue weighted by molar-refractivity contribution is 7.87. The first kappa shape index (κ1) is 14.3. The maximum atomic E-state index is 12.0. The molecule has 0 radical (unpaired) electrons. The summed E-state index contributed by atoms with van der Waals surface area (Å²) in [5.41, 5.74) is 2.07. The summed E-state index contributed by atoms with van der Waals surface area (Å²) in [7, 11) is 0.643. The van der Waals surface area contributed by atoms with Crippen LogP contribution < -0.4 is 9.62 Å². The van der Waals surface area contributed by atoms with E-state index in [9.17, 15) is 8.42 Å². The summed E-state index contributed by atoms with van der Waals surface area (Å²) < 4.78 is 28.1.